The molecule has 1 aliphatic heterocycles. The van der Waals surface area contributed by atoms with E-state index in [9.17, 15) is 18.0 Å². The molecule has 5 N–H and O–H groups in total. The van der Waals surface area contributed by atoms with Gasteiger partial charge in [-0.3, -0.25) is 4.90 Å². The second-order valence-electron chi connectivity index (χ2n) is 8.48. The lowest BCUT2D eigenvalue weighted by Gasteiger charge is -2.21. The van der Waals surface area contributed by atoms with E-state index in [1.54, 1.807) is 11.1 Å². The van der Waals surface area contributed by atoms with Crippen LogP contribution in [-0.2, 0) is 11.2 Å². The number of alkyl halides is 3. The molecule has 1 aliphatic rings. The predicted molar refractivity (Wildman–Crippen MR) is 135 cm³/mol. The first kappa shape index (κ1) is 25.8. The van der Waals surface area contributed by atoms with E-state index in [1.165, 1.54) is 0 Å². The minimum atomic E-state index is -5.08. The maximum Gasteiger partial charge on any atom is 0.490 e. The summed E-state index contributed by atoms with van der Waals surface area (Å²) in [7, 11) is 0. The number of halogens is 3. The molecule has 0 saturated heterocycles. The SMILES string of the molecule is Cc1[nH]c2ccccc2c1C1=C[N]C(=O)N1c1c(CCCCN)[nH]c2ccccc12.O=C(O)C(F)(F)F. The molecule has 0 saturated carbocycles. The maximum atomic E-state index is 13.0. The fourth-order valence-electron chi connectivity index (χ4n) is 4.40. The van der Waals surface area contributed by atoms with E-state index in [1.807, 2.05) is 37.3 Å². The number of hydrogen-bond acceptors (Lipinski definition) is 3. The van der Waals surface area contributed by atoms with Crippen LogP contribution in [0.3, 0.4) is 0 Å². The second kappa shape index (κ2) is 10.4. The molecule has 4 aromatic rings. The first-order valence-electron chi connectivity index (χ1n) is 11.6. The van der Waals surface area contributed by atoms with Gasteiger partial charge in [0, 0.05) is 38.8 Å². The third-order valence-electron chi connectivity index (χ3n) is 5.98. The van der Waals surface area contributed by atoms with Gasteiger partial charge in [-0.05, 0) is 44.9 Å². The standard InChI is InChI=1S/C24H24N5O.C2HF3O2/c1-15-22(16-8-2-4-10-18(16)27-15)21-14-26-24(30)29(21)23-17-9-3-5-11-19(17)28-20(23)12-6-7-13-25;3-2(4,5)1(6)7/h2-5,8-11,14,27-28H,6-7,12-13,25H2,1H3;(H,6,7). The van der Waals surface area contributed by atoms with Gasteiger partial charge in [0.2, 0.25) is 0 Å². The second-order valence-corrected chi connectivity index (χ2v) is 8.48. The summed E-state index contributed by atoms with van der Waals surface area (Å²) in [4.78, 5) is 30.6. The van der Waals surface area contributed by atoms with Crippen molar-refractivity contribution in [1.82, 2.24) is 15.3 Å². The number of para-hydroxylation sites is 2. The van der Waals surface area contributed by atoms with E-state index in [-0.39, 0.29) is 6.03 Å². The van der Waals surface area contributed by atoms with Gasteiger partial charge in [-0.15, -0.1) is 0 Å². The molecule has 37 heavy (non-hydrogen) atoms. The van der Waals surface area contributed by atoms with Crippen LogP contribution in [0.2, 0.25) is 0 Å². The van der Waals surface area contributed by atoms with Gasteiger partial charge in [-0.2, -0.15) is 18.5 Å². The summed E-state index contributed by atoms with van der Waals surface area (Å²) in [5.74, 6) is -2.76. The highest BCUT2D eigenvalue weighted by Crippen LogP contribution is 2.41. The van der Waals surface area contributed by atoms with E-state index in [2.05, 4.69) is 33.5 Å². The predicted octanol–water partition coefficient (Wildman–Crippen LogP) is 5.42. The lowest BCUT2D eigenvalue weighted by atomic mass is 10.1. The summed E-state index contributed by atoms with van der Waals surface area (Å²) < 4.78 is 31.7. The van der Waals surface area contributed by atoms with Crippen LogP contribution in [0.4, 0.5) is 23.7 Å². The number of carbonyl (C=O) groups excluding carboxylic acids is 1. The number of urea groups is 1. The molecule has 2 amide bonds. The van der Waals surface area contributed by atoms with Gasteiger partial charge < -0.3 is 20.8 Å². The van der Waals surface area contributed by atoms with Crippen molar-refractivity contribution in [2.45, 2.75) is 32.4 Å². The number of H-pyrrole nitrogens is 2. The van der Waals surface area contributed by atoms with Gasteiger partial charge >= 0.3 is 18.2 Å². The molecule has 1 radical (unpaired) electrons. The summed E-state index contributed by atoms with van der Waals surface area (Å²) in [5, 5.41) is 13.4. The highest BCUT2D eigenvalue weighted by atomic mass is 19.4. The number of carbonyl (C=O) groups is 2. The van der Waals surface area contributed by atoms with Gasteiger partial charge in [0.1, 0.15) is 0 Å². The van der Waals surface area contributed by atoms with Crippen LogP contribution in [0.25, 0.3) is 27.5 Å². The number of unbranched alkanes of at least 4 members (excludes halogenated alkanes) is 1. The largest absolute Gasteiger partial charge is 0.490 e. The van der Waals surface area contributed by atoms with Crippen molar-refractivity contribution in [3.05, 3.63) is 71.7 Å². The topological polar surface area (TPSA) is 129 Å². The minimum Gasteiger partial charge on any atom is -0.475 e. The number of carboxylic acid groups (broad SMARTS) is 1. The number of benzene rings is 2. The molecule has 11 heteroatoms. The number of aromatic amines is 2. The number of anilines is 1. The molecule has 2 aromatic carbocycles. The number of nitrogens with zero attached hydrogens (tertiary/aromatic N) is 2. The van der Waals surface area contributed by atoms with Crippen LogP contribution < -0.4 is 16.0 Å². The highest BCUT2D eigenvalue weighted by molar-refractivity contribution is 6.17. The summed E-state index contributed by atoms with van der Waals surface area (Å²) >= 11 is 0. The number of carboxylic acids is 1. The average Bonchev–Trinajstić information content (AvgIpc) is 3.50. The minimum absolute atomic E-state index is 0.264. The number of aromatic nitrogens is 2. The smallest absolute Gasteiger partial charge is 0.475 e. The number of nitrogens with two attached hydrogens (primary N) is 1. The van der Waals surface area contributed by atoms with Crippen LogP contribution >= 0.6 is 0 Å². The van der Waals surface area contributed by atoms with Crippen molar-refractivity contribution in [2.24, 2.45) is 5.73 Å². The van der Waals surface area contributed by atoms with Crippen molar-refractivity contribution >= 4 is 45.2 Å². The van der Waals surface area contributed by atoms with E-state index in [4.69, 9.17) is 15.6 Å². The number of rotatable bonds is 6. The van der Waals surface area contributed by atoms with E-state index in [0.717, 1.165) is 69.4 Å². The first-order valence-corrected chi connectivity index (χ1v) is 11.6. The molecule has 5 rings (SSSR count). The van der Waals surface area contributed by atoms with Crippen LogP contribution in [0.15, 0.2) is 54.7 Å². The Kier molecular flexibility index (Phi) is 7.25. The fourth-order valence-corrected chi connectivity index (χ4v) is 4.40. The van der Waals surface area contributed by atoms with E-state index < -0.39 is 12.1 Å². The van der Waals surface area contributed by atoms with Crippen LogP contribution in [0, 0.1) is 6.92 Å². The molecule has 0 atom stereocenters. The summed E-state index contributed by atoms with van der Waals surface area (Å²) in [6.07, 6.45) is -0.667. The first-order chi connectivity index (χ1) is 17.6. The Morgan fingerprint density at radius 2 is 1.62 bits per heavy atom. The zero-order valence-corrected chi connectivity index (χ0v) is 19.9. The summed E-state index contributed by atoms with van der Waals surface area (Å²) in [6, 6.07) is 16.0. The van der Waals surface area contributed by atoms with E-state index in [0.29, 0.717) is 6.54 Å². The van der Waals surface area contributed by atoms with Gasteiger partial charge in [0.05, 0.1) is 17.6 Å². The third-order valence-corrected chi connectivity index (χ3v) is 5.98. The zero-order valence-electron chi connectivity index (χ0n) is 19.9. The van der Waals surface area contributed by atoms with Crippen molar-refractivity contribution in [3.63, 3.8) is 0 Å². The molecule has 0 spiro atoms. The van der Waals surface area contributed by atoms with Gasteiger partial charge in [0.15, 0.2) is 0 Å². The highest BCUT2D eigenvalue weighted by Gasteiger charge is 2.38. The normalized spacial score (nSPS) is 13.5. The Morgan fingerprint density at radius 3 is 2.24 bits per heavy atom. The molecule has 3 heterocycles. The monoisotopic (exact) mass is 512 g/mol. The Hall–Kier alpha value is -4.25. The average molecular weight is 513 g/mol. The number of aliphatic carboxylic acids is 1. The van der Waals surface area contributed by atoms with E-state index >= 15 is 0 Å². The molecular formula is C26H25F3N5O3. The number of nitrogens with one attached hydrogen (secondary N) is 2. The Labute approximate surface area is 209 Å². The van der Waals surface area contributed by atoms with Crippen molar-refractivity contribution in [1.29, 1.82) is 0 Å². The molecule has 0 unspecified atom stereocenters. The van der Waals surface area contributed by atoms with Gasteiger partial charge in [-0.1, -0.05) is 36.4 Å². The molecule has 0 bridgehead atoms. The third kappa shape index (κ3) is 5.17. The molecule has 8 nitrogen and oxygen atoms in total. The summed E-state index contributed by atoms with van der Waals surface area (Å²) in [5.41, 5.74) is 12.5. The number of fused-ring (bicyclic) bond motifs is 2. The lowest BCUT2D eigenvalue weighted by molar-refractivity contribution is -0.192. The Balaban J connectivity index is 0.000000405. The lowest BCUT2D eigenvalue weighted by Crippen LogP contribution is -2.27. The molecular weight excluding hydrogens is 487 g/mol. The number of hydrogen-bond donors (Lipinski definition) is 4. The maximum absolute atomic E-state index is 13.0. The van der Waals surface area contributed by atoms with Crippen LogP contribution in [0.5, 0.6) is 0 Å². The van der Waals surface area contributed by atoms with Crippen LogP contribution in [-0.4, -0.2) is 39.8 Å². The number of aryl methyl sites for hydroxylation is 2. The van der Waals surface area contributed by atoms with Gasteiger partial charge in [0.25, 0.3) is 0 Å². The van der Waals surface area contributed by atoms with Crippen LogP contribution in [0.1, 0.15) is 29.8 Å². The molecule has 0 fully saturated rings. The quantitative estimate of drug-likeness (QED) is 0.257. The van der Waals surface area contributed by atoms with Gasteiger partial charge in [-0.25, -0.2) is 9.59 Å². The van der Waals surface area contributed by atoms with Crippen molar-refractivity contribution in [3.8, 4) is 0 Å². The Morgan fingerprint density at radius 1 is 1.03 bits per heavy atom. The Bertz CT molecular complexity index is 1490. The molecule has 2 aromatic heterocycles. The fraction of sp³-hybridized carbons (Fsp3) is 0.231. The van der Waals surface area contributed by atoms with Crippen molar-refractivity contribution in [2.75, 3.05) is 11.4 Å². The molecule has 193 valence electrons. The molecule has 0 aliphatic carbocycles. The zero-order chi connectivity index (χ0) is 26.7. The summed E-state index contributed by atoms with van der Waals surface area (Å²) in [6.45, 7) is 2.70. The number of amides is 2. The van der Waals surface area contributed by atoms with Crippen molar-refractivity contribution < 1.29 is 27.9 Å².